The first-order valence-corrected chi connectivity index (χ1v) is 7.93. The molecule has 2 nitrogen and oxygen atoms in total. The Morgan fingerprint density at radius 1 is 1.50 bits per heavy atom. The van der Waals surface area contributed by atoms with E-state index in [1.54, 1.807) is 11.3 Å². The van der Waals surface area contributed by atoms with Crippen LogP contribution >= 0.6 is 22.9 Å². The lowest BCUT2D eigenvalue weighted by Gasteiger charge is -2.37. The van der Waals surface area contributed by atoms with Crippen molar-refractivity contribution in [3.8, 4) is 0 Å². The van der Waals surface area contributed by atoms with E-state index in [0.29, 0.717) is 5.41 Å². The van der Waals surface area contributed by atoms with Crippen molar-refractivity contribution >= 4 is 22.9 Å². The van der Waals surface area contributed by atoms with Crippen LogP contribution in [0.5, 0.6) is 0 Å². The first kappa shape index (κ1) is 14.3. The van der Waals surface area contributed by atoms with Gasteiger partial charge in [-0.1, -0.05) is 25.4 Å². The minimum absolute atomic E-state index is 0.356. The highest BCUT2D eigenvalue weighted by molar-refractivity contribution is 7.16. The summed E-state index contributed by atoms with van der Waals surface area (Å²) < 4.78 is 0.877. The fourth-order valence-corrected chi connectivity index (χ4v) is 3.67. The van der Waals surface area contributed by atoms with Crippen LogP contribution in [0.3, 0.4) is 0 Å². The second kappa shape index (κ2) is 6.38. The van der Waals surface area contributed by atoms with Crippen LogP contribution in [0.2, 0.25) is 4.34 Å². The normalized spacial score (nSPS) is 21.2. The maximum Gasteiger partial charge on any atom is 0.0931 e. The molecule has 1 saturated heterocycles. The molecule has 0 aromatic carbocycles. The van der Waals surface area contributed by atoms with E-state index in [1.807, 2.05) is 6.07 Å². The fourth-order valence-electron chi connectivity index (χ4n) is 2.62. The van der Waals surface area contributed by atoms with Crippen molar-refractivity contribution in [1.29, 1.82) is 0 Å². The second-order valence-corrected chi connectivity index (χ2v) is 7.64. The Morgan fingerprint density at radius 2 is 2.33 bits per heavy atom. The number of nitrogens with one attached hydrogen (secondary N) is 2. The van der Waals surface area contributed by atoms with Crippen LogP contribution in [-0.2, 0) is 6.54 Å². The molecule has 1 aromatic heterocycles. The summed E-state index contributed by atoms with van der Waals surface area (Å²) in [6.07, 6.45) is 2.67. The molecule has 1 fully saturated rings. The Hall–Kier alpha value is -0.0900. The largest absolute Gasteiger partial charge is 0.316 e. The van der Waals surface area contributed by atoms with E-state index in [-0.39, 0.29) is 0 Å². The van der Waals surface area contributed by atoms with Gasteiger partial charge in [-0.15, -0.1) is 11.3 Å². The number of rotatable bonds is 5. The lowest BCUT2D eigenvalue weighted by atomic mass is 9.75. The average molecular weight is 287 g/mol. The molecular formula is C14H23ClN2S. The maximum atomic E-state index is 5.93. The van der Waals surface area contributed by atoms with Crippen molar-refractivity contribution in [2.75, 3.05) is 19.6 Å². The molecule has 0 bridgehead atoms. The van der Waals surface area contributed by atoms with Crippen LogP contribution in [0.1, 0.15) is 31.6 Å². The highest BCUT2D eigenvalue weighted by atomic mass is 35.5. The van der Waals surface area contributed by atoms with Crippen LogP contribution in [0.4, 0.5) is 0 Å². The van der Waals surface area contributed by atoms with Crippen molar-refractivity contribution in [3.05, 3.63) is 21.3 Å². The first-order valence-electron chi connectivity index (χ1n) is 6.73. The monoisotopic (exact) mass is 286 g/mol. The van der Waals surface area contributed by atoms with Crippen molar-refractivity contribution in [2.45, 2.75) is 33.2 Å². The van der Waals surface area contributed by atoms with Gasteiger partial charge in [0.25, 0.3) is 0 Å². The van der Waals surface area contributed by atoms with E-state index >= 15 is 0 Å². The summed E-state index contributed by atoms with van der Waals surface area (Å²) in [6, 6.07) is 4.08. The van der Waals surface area contributed by atoms with Crippen LogP contribution in [0, 0.1) is 11.3 Å². The van der Waals surface area contributed by atoms with Crippen molar-refractivity contribution < 1.29 is 0 Å². The third kappa shape index (κ3) is 3.95. The molecule has 1 unspecified atom stereocenters. The molecule has 1 aliphatic heterocycles. The lowest BCUT2D eigenvalue weighted by Crippen LogP contribution is -2.43. The molecule has 0 spiro atoms. The highest BCUT2D eigenvalue weighted by Gasteiger charge is 2.30. The molecule has 2 heterocycles. The van der Waals surface area contributed by atoms with Crippen LogP contribution < -0.4 is 10.6 Å². The van der Waals surface area contributed by atoms with Crippen LogP contribution in [-0.4, -0.2) is 19.6 Å². The molecule has 0 saturated carbocycles. The smallest absolute Gasteiger partial charge is 0.0931 e. The Morgan fingerprint density at radius 3 is 2.94 bits per heavy atom. The van der Waals surface area contributed by atoms with Gasteiger partial charge in [-0.3, -0.25) is 0 Å². The SMILES string of the molecule is CC(C)(CNCc1ccc(Cl)s1)C1CCCNC1. The van der Waals surface area contributed by atoms with Gasteiger partial charge in [0.1, 0.15) is 0 Å². The van der Waals surface area contributed by atoms with Gasteiger partial charge >= 0.3 is 0 Å². The molecule has 1 aromatic rings. The quantitative estimate of drug-likeness (QED) is 0.865. The summed E-state index contributed by atoms with van der Waals surface area (Å²) in [6.45, 7) is 9.10. The van der Waals surface area contributed by atoms with Gasteiger partial charge in [-0.25, -0.2) is 0 Å². The Labute approximate surface area is 119 Å². The second-order valence-electron chi connectivity index (χ2n) is 5.84. The average Bonchev–Trinajstić information content (AvgIpc) is 2.76. The summed E-state index contributed by atoms with van der Waals surface area (Å²) in [7, 11) is 0. The zero-order chi connectivity index (χ0) is 13.0. The molecule has 2 rings (SSSR count). The third-order valence-corrected chi connectivity index (χ3v) is 5.14. The van der Waals surface area contributed by atoms with E-state index in [1.165, 1.54) is 30.8 Å². The zero-order valence-electron chi connectivity index (χ0n) is 11.3. The predicted octanol–water partition coefficient (Wildman–Crippen LogP) is 3.52. The summed E-state index contributed by atoms with van der Waals surface area (Å²) in [4.78, 5) is 1.32. The van der Waals surface area contributed by atoms with Crippen LogP contribution in [0.15, 0.2) is 12.1 Å². The van der Waals surface area contributed by atoms with Gasteiger partial charge in [0.05, 0.1) is 4.34 Å². The van der Waals surface area contributed by atoms with Gasteiger partial charge in [0.2, 0.25) is 0 Å². The molecule has 0 aliphatic carbocycles. The van der Waals surface area contributed by atoms with Crippen molar-refractivity contribution in [2.24, 2.45) is 11.3 Å². The van der Waals surface area contributed by atoms with Gasteiger partial charge in [-0.2, -0.15) is 0 Å². The Balaban J connectivity index is 1.77. The molecule has 4 heteroatoms. The summed E-state index contributed by atoms with van der Waals surface area (Å²) in [5, 5.41) is 7.09. The maximum absolute atomic E-state index is 5.93. The summed E-state index contributed by atoms with van der Waals surface area (Å²) >= 11 is 7.60. The Bertz CT molecular complexity index is 370. The summed E-state index contributed by atoms with van der Waals surface area (Å²) in [5.74, 6) is 0.783. The number of thiophene rings is 1. The van der Waals surface area contributed by atoms with E-state index in [0.717, 1.165) is 23.3 Å². The van der Waals surface area contributed by atoms with E-state index in [4.69, 9.17) is 11.6 Å². The molecule has 102 valence electrons. The molecule has 1 aliphatic rings. The van der Waals surface area contributed by atoms with E-state index < -0.39 is 0 Å². The minimum Gasteiger partial charge on any atom is -0.316 e. The fraction of sp³-hybridized carbons (Fsp3) is 0.714. The van der Waals surface area contributed by atoms with Gasteiger partial charge in [0, 0.05) is 18.0 Å². The molecule has 18 heavy (non-hydrogen) atoms. The number of hydrogen-bond acceptors (Lipinski definition) is 3. The number of piperidine rings is 1. The first-order chi connectivity index (χ1) is 8.58. The van der Waals surface area contributed by atoms with Crippen molar-refractivity contribution in [3.63, 3.8) is 0 Å². The predicted molar refractivity (Wildman–Crippen MR) is 80.4 cm³/mol. The van der Waals surface area contributed by atoms with Crippen LogP contribution in [0.25, 0.3) is 0 Å². The molecule has 1 atom stereocenters. The molecule has 2 N–H and O–H groups in total. The zero-order valence-corrected chi connectivity index (χ0v) is 12.8. The molecular weight excluding hydrogens is 264 g/mol. The van der Waals surface area contributed by atoms with Gasteiger partial charge < -0.3 is 10.6 Å². The topological polar surface area (TPSA) is 24.1 Å². The van der Waals surface area contributed by atoms with E-state index in [9.17, 15) is 0 Å². The van der Waals surface area contributed by atoms with Crippen molar-refractivity contribution in [1.82, 2.24) is 10.6 Å². The molecule has 0 amide bonds. The Kier molecular flexibility index (Phi) is 5.07. The summed E-state index contributed by atoms with van der Waals surface area (Å²) in [5.41, 5.74) is 0.356. The number of halogens is 1. The number of hydrogen-bond donors (Lipinski definition) is 2. The van der Waals surface area contributed by atoms with Gasteiger partial charge in [-0.05, 0) is 49.4 Å². The standard InChI is InChI=1S/C14H23ClN2S/c1-14(2,11-4-3-7-16-8-11)10-17-9-12-5-6-13(15)18-12/h5-6,11,16-17H,3-4,7-10H2,1-2H3. The minimum atomic E-state index is 0.356. The van der Waals surface area contributed by atoms with Gasteiger partial charge in [0.15, 0.2) is 0 Å². The van der Waals surface area contributed by atoms with E-state index in [2.05, 4.69) is 30.5 Å². The molecule has 0 radical (unpaired) electrons. The lowest BCUT2D eigenvalue weighted by molar-refractivity contribution is 0.166. The third-order valence-electron chi connectivity index (χ3n) is 3.91. The highest BCUT2D eigenvalue weighted by Crippen LogP contribution is 2.31.